The number of H-pyrrole nitrogens is 1. The predicted octanol–water partition coefficient (Wildman–Crippen LogP) is 2.53. The highest BCUT2D eigenvalue weighted by Crippen LogP contribution is 2.28. The van der Waals surface area contributed by atoms with Crippen molar-refractivity contribution in [2.75, 3.05) is 0 Å². The normalized spacial score (nSPS) is 11.5. The molecule has 0 radical (unpaired) electrons. The van der Waals surface area contributed by atoms with Gasteiger partial charge in [0.2, 0.25) is 0 Å². The fourth-order valence-electron chi connectivity index (χ4n) is 2.32. The summed E-state index contributed by atoms with van der Waals surface area (Å²) in [5.41, 5.74) is 4.95. The van der Waals surface area contributed by atoms with Crippen LogP contribution in [0.5, 0.6) is 0 Å². The van der Waals surface area contributed by atoms with Crippen molar-refractivity contribution in [1.29, 1.82) is 0 Å². The number of aromatic amines is 1. The number of hydrogen-bond donors (Lipinski definition) is 1. The second-order valence-electron chi connectivity index (χ2n) is 4.71. The van der Waals surface area contributed by atoms with Gasteiger partial charge in [-0.2, -0.15) is 0 Å². The van der Waals surface area contributed by atoms with Crippen LogP contribution in [-0.2, 0) is 12.8 Å². The Bertz CT molecular complexity index is 925. The largest absolute Gasteiger partial charge is 0.345 e. The van der Waals surface area contributed by atoms with Crippen molar-refractivity contribution in [3.63, 3.8) is 0 Å². The van der Waals surface area contributed by atoms with E-state index in [1.54, 1.807) is 30.7 Å². The van der Waals surface area contributed by atoms with E-state index in [4.69, 9.17) is 0 Å². The van der Waals surface area contributed by atoms with E-state index in [0.29, 0.717) is 0 Å². The lowest BCUT2D eigenvalue weighted by atomic mass is 10.2. The number of thioether (sulfide) groups is 1. The fourth-order valence-corrected chi connectivity index (χ4v) is 3.25. The average Bonchev–Trinajstić information content (AvgIpc) is 3.13. The van der Waals surface area contributed by atoms with E-state index in [2.05, 4.69) is 31.0 Å². The standard InChI is InChI=1S/C14H12N6S/c1-20-8-19-12-13(20)17-7-18-14(12)21-5-9-3-2-4-10-11(9)16-6-15-10/h2-4,6-8H,5H2,1H3,(H,15,16). The summed E-state index contributed by atoms with van der Waals surface area (Å²) in [7, 11) is 1.93. The minimum absolute atomic E-state index is 0.797. The molecule has 3 aromatic heterocycles. The minimum atomic E-state index is 0.797. The van der Waals surface area contributed by atoms with Gasteiger partial charge in [-0.3, -0.25) is 0 Å². The molecule has 0 amide bonds. The molecular weight excluding hydrogens is 284 g/mol. The van der Waals surface area contributed by atoms with Crippen LogP contribution in [0, 0.1) is 0 Å². The number of nitrogens with one attached hydrogen (secondary N) is 1. The number of imidazole rings is 2. The zero-order valence-corrected chi connectivity index (χ0v) is 12.1. The molecule has 21 heavy (non-hydrogen) atoms. The SMILES string of the molecule is Cn1cnc2c(SCc3cccc4[nH]cnc34)ncnc21. The Morgan fingerprint density at radius 3 is 3.05 bits per heavy atom. The molecule has 0 saturated heterocycles. The summed E-state index contributed by atoms with van der Waals surface area (Å²) in [4.78, 5) is 20.5. The van der Waals surface area contributed by atoms with Gasteiger partial charge >= 0.3 is 0 Å². The average molecular weight is 296 g/mol. The summed E-state index contributed by atoms with van der Waals surface area (Å²) >= 11 is 1.65. The van der Waals surface area contributed by atoms with Gasteiger partial charge in [0.15, 0.2) is 5.65 Å². The molecule has 1 N–H and O–H groups in total. The number of para-hydroxylation sites is 1. The molecule has 4 rings (SSSR count). The third-order valence-electron chi connectivity index (χ3n) is 3.36. The first-order valence-corrected chi connectivity index (χ1v) is 7.47. The van der Waals surface area contributed by atoms with Crippen LogP contribution in [0.4, 0.5) is 0 Å². The molecule has 0 bridgehead atoms. The Balaban J connectivity index is 1.68. The number of nitrogens with zero attached hydrogens (tertiary/aromatic N) is 5. The van der Waals surface area contributed by atoms with Crippen LogP contribution >= 0.6 is 11.8 Å². The van der Waals surface area contributed by atoms with Crippen molar-refractivity contribution < 1.29 is 0 Å². The van der Waals surface area contributed by atoms with Crippen molar-refractivity contribution in [1.82, 2.24) is 29.5 Å². The monoisotopic (exact) mass is 296 g/mol. The van der Waals surface area contributed by atoms with E-state index < -0.39 is 0 Å². The summed E-state index contributed by atoms with van der Waals surface area (Å²) in [6.45, 7) is 0. The van der Waals surface area contributed by atoms with Crippen molar-refractivity contribution in [2.45, 2.75) is 10.8 Å². The lowest BCUT2D eigenvalue weighted by Gasteiger charge is -2.03. The Labute approximate surface area is 124 Å². The molecule has 6 nitrogen and oxygen atoms in total. The lowest BCUT2D eigenvalue weighted by Crippen LogP contribution is -1.91. The molecule has 0 aliphatic carbocycles. The van der Waals surface area contributed by atoms with Gasteiger partial charge in [-0.15, -0.1) is 0 Å². The molecule has 104 valence electrons. The molecule has 0 unspecified atom stereocenters. The highest BCUT2D eigenvalue weighted by molar-refractivity contribution is 7.98. The minimum Gasteiger partial charge on any atom is -0.345 e. The third kappa shape index (κ3) is 2.06. The second-order valence-corrected chi connectivity index (χ2v) is 5.68. The fraction of sp³-hybridized carbons (Fsp3) is 0.143. The smallest absolute Gasteiger partial charge is 0.164 e. The summed E-state index contributed by atoms with van der Waals surface area (Å²) in [6.07, 6.45) is 5.07. The van der Waals surface area contributed by atoms with E-state index in [-0.39, 0.29) is 0 Å². The summed E-state index contributed by atoms with van der Waals surface area (Å²) in [6, 6.07) is 6.15. The van der Waals surface area contributed by atoms with Crippen LogP contribution in [0.3, 0.4) is 0 Å². The number of benzene rings is 1. The highest BCUT2D eigenvalue weighted by Gasteiger charge is 2.10. The Morgan fingerprint density at radius 2 is 2.10 bits per heavy atom. The molecular formula is C14H12N6S. The number of aryl methyl sites for hydroxylation is 1. The topological polar surface area (TPSA) is 72.3 Å². The van der Waals surface area contributed by atoms with Crippen LogP contribution in [0.15, 0.2) is 42.2 Å². The van der Waals surface area contributed by atoms with Gasteiger partial charge in [0.25, 0.3) is 0 Å². The quantitative estimate of drug-likeness (QED) is 0.464. The molecule has 0 aliphatic heterocycles. The molecule has 3 heterocycles. The first-order chi connectivity index (χ1) is 10.3. The van der Waals surface area contributed by atoms with Gasteiger partial charge in [-0.1, -0.05) is 23.9 Å². The first-order valence-electron chi connectivity index (χ1n) is 6.49. The second kappa shape index (κ2) is 4.85. The van der Waals surface area contributed by atoms with Crippen molar-refractivity contribution >= 4 is 34.0 Å². The lowest BCUT2D eigenvalue weighted by molar-refractivity contribution is 0.925. The van der Waals surface area contributed by atoms with Crippen LogP contribution < -0.4 is 0 Å². The van der Waals surface area contributed by atoms with Crippen molar-refractivity contribution in [3.05, 3.63) is 42.7 Å². The maximum Gasteiger partial charge on any atom is 0.164 e. The van der Waals surface area contributed by atoms with Crippen molar-refractivity contribution in [3.8, 4) is 0 Å². The molecule has 0 aliphatic rings. The zero-order valence-electron chi connectivity index (χ0n) is 11.3. The van der Waals surface area contributed by atoms with Gasteiger partial charge in [0.1, 0.15) is 16.9 Å². The van der Waals surface area contributed by atoms with E-state index in [0.717, 1.165) is 33.0 Å². The molecule has 0 saturated carbocycles. The van der Waals surface area contributed by atoms with Crippen LogP contribution in [0.2, 0.25) is 0 Å². The highest BCUT2D eigenvalue weighted by atomic mass is 32.2. The first kappa shape index (κ1) is 12.3. The van der Waals surface area contributed by atoms with Crippen molar-refractivity contribution in [2.24, 2.45) is 7.05 Å². The number of fused-ring (bicyclic) bond motifs is 2. The molecule has 1 aromatic carbocycles. The maximum absolute atomic E-state index is 4.38. The van der Waals surface area contributed by atoms with E-state index in [1.807, 2.05) is 23.7 Å². The van der Waals surface area contributed by atoms with Gasteiger partial charge in [0, 0.05) is 12.8 Å². The summed E-state index contributed by atoms with van der Waals surface area (Å²) in [5, 5.41) is 0.896. The van der Waals surface area contributed by atoms with E-state index in [1.165, 1.54) is 5.56 Å². The van der Waals surface area contributed by atoms with Gasteiger partial charge in [-0.05, 0) is 11.6 Å². The van der Waals surface area contributed by atoms with Gasteiger partial charge < -0.3 is 9.55 Å². The molecule has 0 spiro atoms. The molecule has 7 heteroatoms. The van der Waals surface area contributed by atoms with Crippen LogP contribution in [0.1, 0.15) is 5.56 Å². The number of hydrogen-bond acceptors (Lipinski definition) is 5. The van der Waals surface area contributed by atoms with Crippen LogP contribution in [0.25, 0.3) is 22.2 Å². The Morgan fingerprint density at radius 1 is 1.14 bits per heavy atom. The van der Waals surface area contributed by atoms with E-state index >= 15 is 0 Å². The van der Waals surface area contributed by atoms with Gasteiger partial charge in [-0.25, -0.2) is 19.9 Å². The summed E-state index contributed by atoms with van der Waals surface area (Å²) < 4.78 is 1.90. The summed E-state index contributed by atoms with van der Waals surface area (Å²) in [5.74, 6) is 0.797. The molecule has 0 atom stereocenters. The Hall–Kier alpha value is -2.41. The van der Waals surface area contributed by atoms with Crippen LogP contribution in [-0.4, -0.2) is 29.5 Å². The maximum atomic E-state index is 4.38. The predicted molar refractivity (Wildman–Crippen MR) is 82.0 cm³/mol. The molecule has 0 fully saturated rings. The van der Waals surface area contributed by atoms with E-state index in [9.17, 15) is 0 Å². The molecule has 4 aromatic rings. The van der Waals surface area contributed by atoms with Gasteiger partial charge in [0.05, 0.1) is 23.7 Å². The number of aromatic nitrogens is 6. The Kier molecular flexibility index (Phi) is 2.85. The zero-order chi connectivity index (χ0) is 14.2. The number of rotatable bonds is 3. The third-order valence-corrected chi connectivity index (χ3v) is 4.39.